The minimum Gasteiger partial charge on any atom is -0.496 e. The normalized spacial score (nSPS) is 12.6. The highest BCUT2D eigenvalue weighted by atomic mass is 32.2. The van der Waals surface area contributed by atoms with Crippen molar-refractivity contribution < 1.29 is 9.53 Å². The Morgan fingerprint density at radius 2 is 2.13 bits per heavy atom. The Morgan fingerprint density at radius 1 is 1.27 bits per heavy atom. The fourth-order valence-corrected chi connectivity index (χ4v) is 5.25. The van der Waals surface area contributed by atoms with E-state index in [1.807, 2.05) is 41.8 Å². The second-order valence-corrected chi connectivity index (χ2v) is 9.02. The van der Waals surface area contributed by atoms with Gasteiger partial charge in [-0.05, 0) is 36.8 Å². The molecule has 156 valence electrons. The van der Waals surface area contributed by atoms with Crippen LogP contribution in [-0.4, -0.2) is 28.3 Å². The first kappa shape index (κ1) is 20.7. The van der Waals surface area contributed by atoms with Crippen LogP contribution >= 0.6 is 23.1 Å². The van der Waals surface area contributed by atoms with Crippen molar-refractivity contribution >= 4 is 29.0 Å². The molecular weight excluding hydrogens is 418 g/mol. The minimum absolute atomic E-state index is 0.0952. The van der Waals surface area contributed by atoms with E-state index >= 15 is 0 Å². The maximum atomic E-state index is 12.7. The number of hydrogen-bond acceptors (Lipinski definition) is 6. The summed E-state index contributed by atoms with van der Waals surface area (Å²) in [7, 11) is 1.61. The molecule has 1 amide bonds. The lowest BCUT2D eigenvalue weighted by molar-refractivity contribution is -0.118. The predicted octanol–water partition coefficient (Wildman–Crippen LogP) is 3.26. The summed E-state index contributed by atoms with van der Waals surface area (Å²) in [4.78, 5) is 30.5. The first-order valence-electron chi connectivity index (χ1n) is 9.82. The Morgan fingerprint density at radius 3 is 2.93 bits per heavy atom. The molecule has 0 radical (unpaired) electrons. The number of benzene rings is 1. The summed E-state index contributed by atoms with van der Waals surface area (Å²) >= 11 is 2.99. The molecule has 6 nitrogen and oxygen atoms in total. The van der Waals surface area contributed by atoms with Crippen LogP contribution in [0.2, 0.25) is 0 Å². The number of methoxy groups -OCH3 is 1. The third kappa shape index (κ3) is 4.60. The van der Waals surface area contributed by atoms with E-state index in [1.54, 1.807) is 23.0 Å². The van der Waals surface area contributed by atoms with Gasteiger partial charge in [0.2, 0.25) is 5.91 Å². The lowest BCUT2D eigenvalue weighted by Crippen LogP contribution is -2.28. The van der Waals surface area contributed by atoms with Crippen molar-refractivity contribution in [2.45, 2.75) is 37.4 Å². The standard InChI is InChI=1S/C22H23N3O3S2/c1-28-19-10-3-2-6-15(19)12-23-20(26)14-30-21-17-8-4-9-18(17)25(22(27)24-21)13-16-7-5-11-29-16/h2-3,5-7,10-11H,4,8-9,12-14H2,1H3,(H,23,26). The van der Waals surface area contributed by atoms with Gasteiger partial charge in [0.25, 0.3) is 0 Å². The minimum atomic E-state index is -0.235. The number of amides is 1. The molecule has 0 atom stereocenters. The van der Waals surface area contributed by atoms with E-state index < -0.39 is 0 Å². The number of fused-ring (bicyclic) bond motifs is 1. The van der Waals surface area contributed by atoms with Crippen molar-refractivity contribution in [1.82, 2.24) is 14.9 Å². The number of thioether (sulfide) groups is 1. The molecule has 0 aliphatic heterocycles. The molecule has 3 aromatic rings. The van der Waals surface area contributed by atoms with Gasteiger partial charge < -0.3 is 10.1 Å². The van der Waals surface area contributed by atoms with Crippen molar-refractivity contribution in [3.05, 3.63) is 74.0 Å². The lowest BCUT2D eigenvalue weighted by atomic mass is 10.2. The fourth-order valence-electron chi connectivity index (χ4n) is 3.65. The Kier molecular flexibility index (Phi) is 6.54. The second-order valence-electron chi connectivity index (χ2n) is 7.02. The Labute approximate surface area is 183 Å². The summed E-state index contributed by atoms with van der Waals surface area (Å²) < 4.78 is 7.11. The van der Waals surface area contributed by atoms with Crippen LogP contribution in [0, 0.1) is 0 Å². The largest absolute Gasteiger partial charge is 0.496 e. The van der Waals surface area contributed by atoms with Gasteiger partial charge in [-0.15, -0.1) is 11.3 Å². The Bertz CT molecular complexity index is 1090. The van der Waals surface area contributed by atoms with Crippen LogP contribution in [0.3, 0.4) is 0 Å². The van der Waals surface area contributed by atoms with E-state index in [2.05, 4.69) is 10.3 Å². The van der Waals surface area contributed by atoms with E-state index in [9.17, 15) is 9.59 Å². The van der Waals surface area contributed by atoms with Crippen LogP contribution in [0.25, 0.3) is 0 Å². The summed E-state index contributed by atoms with van der Waals surface area (Å²) in [6.45, 7) is 0.966. The molecular formula is C22H23N3O3S2. The zero-order chi connectivity index (χ0) is 20.9. The number of thiophene rings is 1. The number of para-hydroxylation sites is 1. The van der Waals surface area contributed by atoms with Crippen molar-refractivity contribution in [2.24, 2.45) is 0 Å². The van der Waals surface area contributed by atoms with Crippen molar-refractivity contribution in [1.29, 1.82) is 0 Å². The van der Waals surface area contributed by atoms with Gasteiger partial charge in [-0.1, -0.05) is 36.0 Å². The van der Waals surface area contributed by atoms with Gasteiger partial charge in [-0.3, -0.25) is 9.36 Å². The number of nitrogens with one attached hydrogen (secondary N) is 1. The van der Waals surface area contributed by atoms with Gasteiger partial charge in [-0.25, -0.2) is 4.79 Å². The SMILES string of the molecule is COc1ccccc1CNC(=O)CSc1nc(=O)n(Cc2cccs2)c2c1CCC2. The van der Waals surface area contributed by atoms with E-state index in [0.29, 0.717) is 18.1 Å². The third-order valence-corrected chi connectivity index (χ3v) is 6.98. The highest BCUT2D eigenvalue weighted by Crippen LogP contribution is 2.29. The van der Waals surface area contributed by atoms with Gasteiger partial charge in [0.15, 0.2) is 0 Å². The van der Waals surface area contributed by atoms with Crippen molar-refractivity contribution in [3.63, 3.8) is 0 Å². The van der Waals surface area contributed by atoms with Crippen LogP contribution in [-0.2, 0) is 30.7 Å². The van der Waals surface area contributed by atoms with Gasteiger partial charge in [0.1, 0.15) is 10.8 Å². The van der Waals surface area contributed by atoms with Gasteiger partial charge >= 0.3 is 5.69 Å². The second kappa shape index (κ2) is 9.49. The molecule has 1 N–H and O–H groups in total. The number of hydrogen-bond donors (Lipinski definition) is 1. The highest BCUT2D eigenvalue weighted by molar-refractivity contribution is 7.99. The average Bonchev–Trinajstić information content (AvgIpc) is 3.45. The summed E-state index contributed by atoms with van der Waals surface area (Å²) in [6, 6.07) is 11.6. The van der Waals surface area contributed by atoms with Crippen LogP contribution in [0.4, 0.5) is 0 Å². The molecule has 0 saturated carbocycles. The fraction of sp³-hybridized carbons (Fsp3) is 0.318. The number of ether oxygens (including phenoxy) is 1. The van der Waals surface area contributed by atoms with Gasteiger partial charge in [0.05, 0.1) is 19.4 Å². The van der Waals surface area contributed by atoms with Crippen LogP contribution in [0.1, 0.15) is 28.1 Å². The first-order chi connectivity index (χ1) is 14.7. The first-order valence-corrected chi connectivity index (χ1v) is 11.7. The summed E-state index contributed by atoms with van der Waals surface area (Å²) in [5, 5.41) is 5.63. The number of carbonyl (C=O) groups is 1. The maximum absolute atomic E-state index is 12.7. The van der Waals surface area contributed by atoms with Crippen LogP contribution in [0.5, 0.6) is 5.75 Å². The molecule has 0 saturated heterocycles. The monoisotopic (exact) mass is 441 g/mol. The molecule has 0 spiro atoms. The third-order valence-electron chi connectivity index (χ3n) is 5.10. The maximum Gasteiger partial charge on any atom is 0.349 e. The van der Waals surface area contributed by atoms with Crippen LogP contribution in [0.15, 0.2) is 51.6 Å². The number of carbonyl (C=O) groups excluding carboxylic acids is 1. The Balaban J connectivity index is 1.42. The van der Waals surface area contributed by atoms with Crippen molar-refractivity contribution in [3.8, 4) is 5.75 Å². The molecule has 8 heteroatoms. The predicted molar refractivity (Wildman–Crippen MR) is 120 cm³/mol. The molecule has 2 aromatic heterocycles. The summed E-state index contributed by atoms with van der Waals surface area (Å²) in [6.07, 6.45) is 2.79. The highest BCUT2D eigenvalue weighted by Gasteiger charge is 2.22. The van der Waals surface area contributed by atoms with Crippen LogP contribution < -0.4 is 15.7 Å². The number of aromatic nitrogens is 2. The molecule has 1 aromatic carbocycles. The molecule has 0 unspecified atom stereocenters. The average molecular weight is 442 g/mol. The molecule has 4 rings (SSSR count). The molecule has 1 aliphatic carbocycles. The molecule has 1 aliphatic rings. The quantitative estimate of drug-likeness (QED) is 0.429. The number of nitrogens with zero attached hydrogens (tertiary/aromatic N) is 2. The topological polar surface area (TPSA) is 73.2 Å². The smallest absolute Gasteiger partial charge is 0.349 e. The van der Waals surface area contributed by atoms with Crippen molar-refractivity contribution in [2.75, 3.05) is 12.9 Å². The van der Waals surface area contributed by atoms with E-state index in [4.69, 9.17) is 4.74 Å². The van der Waals surface area contributed by atoms with E-state index in [-0.39, 0.29) is 17.3 Å². The number of rotatable bonds is 8. The molecule has 0 bridgehead atoms. The Hall–Kier alpha value is -2.58. The zero-order valence-electron chi connectivity index (χ0n) is 16.7. The lowest BCUT2D eigenvalue weighted by Gasteiger charge is -2.14. The molecule has 2 heterocycles. The summed E-state index contributed by atoms with van der Waals surface area (Å²) in [5.74, 6) is 0.879. The van der Waals surface area contributed by atoms with Gasteiger partial charge in [0, 0.05) is 28.2 Å². The molecule has 30 heavy (non-hydrogen) atoms. The molecule has 0 fully saturated rings. The van der Waals surface area contributed by atoms with E-state index in [1.165, 1.54) is 11.8 Å². The summed E-state index contributed by atoms with van der Waals surface area (Å²) in [5.41, 5.74) is 2.88. The zero-order valence-corrected chi connectivity index (χ0v) is 18.4. The van der Waals surface area contributed by atoms with Gasteiger partial charge in [-0.2, -0.15) is 4.98 Å². The van der Waals surface area contributed by atoms with E-state index in [0.717, 1.165) is 46.7 Å².